The summed E-state index contributed by atoms with van der Waals surface area (Å²) in [4.78, 5) is 60.2. The molecular formula is C20H38N6O7. The highest BCUT2D eigenvalue weighted by molar-refractivity contribution is 5.94. The molecule has 4 atom stereocenters. The standard InChI is InChI=1S/C20H38N6O7/c1-11(2)9-15(19(31)25-14(20(32)33)6-7-16(23)28)26-18(30)13(5-3-4-8-21)24-17(29)12(22)10-27/h11-15,27H,3-10,21-22H2,1-2H3,(H2,23,28)(H,24,29)(H,25,31)(H,26,30)(H,32,33). The number of aliphatic hydroxyl groups is 1. The third-order valence-electron chi connectivity index (χ3n) is 4.75. The number of hydrogen-bond acceptors (Lipinski definition) is 8. The van der Waals surface area contributed by atoms with Gasteiger partial charge in [-0.05, 0) is 44.6 Å². The van der Waals surface area contributed by atoms with E-state index >= 15 is 0 Å². The molecule has 0 saturated carbocycles. The van der Waals surface area contributed by atoms with E-state index in [2.05, 4.69) is 16.0 Å². The largest absolute Gasteiger partial charge is 0.480 e. The van der Waals surface area contributed by atoms with Gasteiger partial charge in [0.05, 0.1) is 6.61 Å². The van der Waals surface area contributed by atoms with Gasteiger partial charge < -0.3 is 43.4 Å². The fourth-order valence-corrected chi connectivity index (χ4v) is 2.91. The van der Waals surface area contributed by atoms with Crippen molar-refractivity contribution in [1.82, 2.24) is 16.0 Å². The van der Waals surface area contributed by atoms with Crippen molar-refractivity contribution in [3.63, 3.8) is 0 Å². The maximum Gasteiger partial charge on any atom is 0.326 e. The van der Waals surface area contributed by atoms with Crippen molar-refractivity contribution in [3.05, 3.63) is 0 Å². The summed E-state index contributed by atoms with van der Waals surface area (Å²) >= 11 is 0. The third kappa shape index (κ3) is 12.7. The first-order valence-electron chi connectivity index (χ1n) is 10.9. The van der Waals surface area contributed by atoms with Gasteiger partial charge >= 0.3 is 5.97 Å². The number of carboxylic acids is 1. The number of rotatable bonds is 17. The smallest absolute Gasteiger partial charge is 0.326 e. The predicted octanol–water partition coefficient (Wildman–Crippen LogP) is -2.71. The fraction of sp³-hybridized carbons (Fsp3) is 0.750. The highest BCUT2D eigenvalue weighted by Crippen LogP contribution is 2.09. The van der Waals surface area contributed by atoms with E-state index in [1.54, 1.807) is 0 Å². The van der Waals surface area contributed by atoms with E-state index in [0.29, 0.717) is 19.4 Å². The number of aliphatic hydroxyl groups excluding tert-OH is 1. The summed E-state index contributed by atoms with van der Waals surface area (Å²) in [5.41, 5.74) is 16.0. The Morgan fingerprint density at radius 2 is 1.39 bits per heavy atom. The number of carbonyl (C=O) groups is 5. The van der Waals surface area contributed by atoms with Crippen molar-refractivity contribution in [2.75, 3.05) is 13.2 Å². The molecule has 0 aromatic carbocycles. The fourth-order valence-electron chi connectivity index (χ4n) is 2.91. The van der Waals surface area contributed by atoms with Gasteiger partial charge in [0.1, 0.15) is 24.2 Å². The van der Waals surface area contributed by atoms with Crippen molar-refractivity contribution in [2.45, 2.75) is 76.5 Å². The summed E-state index contributed by atoms with van der Waals surface area (Å²) < 4.78 is 0. The van der Waals surface area contributed by atoms with Crippen LogP contribution >= 0.6 is 0 Å². The molecule has 13 nitrogen and oxygen atoms in total. The van der Waals surface area contributed by atoms with Gasteiger partial charge in [-0.3, -0.25) is 19.2 Å². The van der Waals surface area contributed by atoms with Crippen molar-refractivity contribution >= 4 is 29.6 Å². The van der Waals surface area contributed by atoms with Gasteiger partial charge in [0.15, 0.2) is 0 Å². The van der Waals surface area contributed by atoms with Gasteiger partial charge in [-0.15, -0.1) is 0 Å². The lowest BCUT2D eigenvalue weighted by Gasteiger charge is -2.26. The van der Waals surface area contributed by atoms with Crippen molar-refractivity contribution in [2.24, 2.45) is 23.1 Å². The molecule has 4 unspecified atom stereocenters. The van der Waals surface area contributed by atoms with E-state index in [9.17, 15) is 29.1 Å². The second-order valence-electron chi connectivity index (χ2n) is 8.23. The van der Waals surface area contributed by atoms with Crippen molar-refractivity contribution in [1.29, 1.82) is 0 Å². The number of nitrogens with two attached hydrogens (primary N) is 3. The summed E-state index contributed by atoms with van der Waals surface area (Å²) in [6.07, 6.45) is 1.09. The van der Waals surface area contributed by atoms with Gasteiger partial charge in [0.25, 0.3) is 0 Å². The van der Waals surface area contributed by atoms with Crippen LogP contribution in [0, 0.1) is 5.92 Å². The Kier molecular flexibility index (Phi) is 14.6. The first-order valence-corrected chi connectivity index (χ1v) is 10.9. The van der Waals surface area contributed by atoms with Gasteiger partial charge in [-0.1, -0.05) is 13.8 Å². The average Bonchev–Trinajstić information content (AvgIpc) is 2.73. The molecule has 0 heterocycles. The number of hydrogen-bond donors (Lipinski definition) is 8. The number of unbranched alkanes of at least 4 members (excludes halogenated alkanes) is 1. The average molecular weight is 475 g/mol. The van der Waals surface area contributed by atoms with E-state index < -0.39 is 60.4 Å². The van der Waals surface area contributed by atoms with Crippen LogP contribution in [0.4, 0.5) is 0 Å². The minimum atomic E-state index is -1.36. The first kappa shape index (κ1) is 30.2. The molecule has 0 aliphatic rings. The lowest BCUT2D eigenvalue weighted by Crippen LogP contribution is -2.57. The summed E-state index contributed by atoms with van der Waals surface area (Å²) in [6, 6.07) is -4.70. The molecule has 0 saturated heterocycles. The minimum absolute atomic E-state index is 0.0389. The zero-order valence-corrected chi connectivity index (χ0v) is 19.2. The molecule has 0 aromatic rings. The minimum Gasteiger partial charge on any atom is -0.480 e. The Hall–Kier alpha value is -2.77. The maximum absolute atomic E-state index is 12.9. The number of primary amides is 1. The Morgan fingerprint density at radius 1 is 0.848 bits per heavy atom. The zero-order valence-electron chi connectivity index (χ0n) is 19.2. The maximum atomic E-state index is 12.9. The van der Waals surface area contributed by atoms with Crippen LogP contribution in [0.3, 0.4) is 0 Å². The molecule has 33 heavy (non-hydrogen) atoms. The highest BCUT2D eigenvalue weighted by atomic mass is 16.4. The first-order chi connectivity index (χ1) is 15.4. The summed E-state index contributed by atoms with van der Waals surface area (Å²) in [5, 5.41) is 25.7. The molecular weight excluding hydrogens is 436 g/mol. The van der Waals surface area contributed by atoms with E-state index in [1.807, 2.05) is 13.8 Å². The quantitative estimate of drug-likeness (QED) is 0.102. The lowest BCUT2D eigenvalue weighted by atomic mass is 10.0. The van der Waals surface area contributed by atoms with Crippen molar-refractivity contribution < 1.29 is 34.2 Å². The molecule has 11 N–H and O–H groups in total. The third-order valence-corrected chi connectivity index (χ3v) is 4.75. The monoisotopic (exact) mass is 474 g/mol. The number of nitrogens with one attached hydrogen (secondary N) is 3. The highest BCUT2D eigenvalue weighted by Gasteiger charge is 2.30. The summed E-state index contributed by atoms with van der Waals surface area (Å²) in [6.45, 7) is 3.41. The molecule has 0 rings (SSSR count). The van der Waals surface area contributed by atoms with Crippen LogP contribution < -0.4 is 33.2 Å². The Morgan fingerprint density at radius 3 is 1.88 bits per heavy atom. The summed E-state index contributed by atoms with van der Waals surface area (Å²) in [5.74, 6) is -4.22. The predicted molar refractivity (Wildman–Crippen MR) is 119 cm³/mol. The topological polar surface area (TPSA) is 240 Å². The number of aliphatic carboxylic acids is 1. The van der Waals surface area contributed by atoms with Crippen LogP contribution in [-0.4, -0.2) is 77.1 Å². The van der Waals surface area contributed by atoms with Crippen molar-refractivity contribution in [3.8, 4) is 0 Å². The van der Waals surface area contributed by atoms with Crippen LogP contribution in [0.5, 0.6) is 0 Å². The zero-order chi connectivity index (χ0) is 25.6. The van der Waals surface area contributed by atoms with Gasteiger partial charge in [0.2, 0.25) is 23.6 Å². The SMILES string of the molecule is CC(C)CC(NC(=O)C(CCCCN)NC(=O)C(N)CO)C(=O)NC(CCC(N)=O)C(=O)O. The van der Waals surface area contributed by atoms with Crippen LogP contribution in [0.25, 0.3) is 0 Å². The number of amides is 4. The molecule has 0 spiro atoms. The van der Waals surface area contributed by atoms with Gasteiger partial charge in [0, 0.05) is 6.42 Å². The number of carbonyl (C=O) groups excluding carboxylic acids is 4. The molecule has 13 heteroatoms. The Balaban J connectivity index is 5.45. The van der Waals surface area contributed by atoms with E-state index in [0.717, 1.165) is 0 Å². The van der Waals surface area contributed by atoms with Gasteiger partial charge in [-0.25, -0.2) is 4.79 Å². The summed E-state index contributed by atoms with van der Waals surface area (Å²) in [7, 11) is 0. The second-order valence-corrected chi connectivity index (χ2v) is 8.23. The van der Waals surface area contributed by atoms with Gasteiger partial charge in [-0.2, -0.15) is 0 Å². The normalized spacial score (nSPS) is 14.6. The molecule has 4 amide bonds. The molecule has 0 aromatic heterocycles. The molecule has 0 aliphatic heterocycles. The van der Waals surface area contributed by atoms with Crippen LogP contribution in [-0.2, 0) is 24.0 Å². The molecule has 0 aliphatic carbocycles. The Bertz CT molecular complexity index is 673. The van der Waals surface area contributed by atoms with Crippen LogP contribution in [0.2, 0.25) is 0 Å². The van der Waals surface area contributed by atoms with E-state index in [-0.39, 0.29) is 31.6 Å². The molecule has 0 bridgehead atoms. The van der Waals surface area contributed by atoms with E-state index in [4.69, 9.17) is 22.3 Å². The molecule has 0 radical (unpaired) electrons. The lowest BCUT2D eigenvalue weighted by molar-refractivity contribution is -0.142. The molecule has 0 fully saturated rings. The number of carboxylic acid groups (broad SMARTS) is 1. The van der Waals surface area contributed by atoms with Crippen LogP contribution in [0.15, 0.2) is 0 Å². The van der Waals surface area contributed by atoms with E-state index in [1.165, 1.54) is 0 Å². The Labute approximate surface area is 193 Å². The second kappa shape index (κ2) is 15.9. The van der Waals surface area contributed by atoms with Crippen LogP contribution in [0.1, 0.15) is 52.4 Å². The molecule has 190 valence electrons.